The van der Waals surface area contributed by atoms with Crippen LogP contribution in [0.5, 0.6) is 0 Å². The molecule has 0 aliphatic heterocycles. The van der Waals surface area contributed by atoms with Crippen molar-refractivity contribution in [2.45, 2.75) is 25.7 Å². The lowest BCUT2D eigenvalue weighted by Gasteiger charge is -1.87. The second-order valence-electron chi connectivity index (χ2n) is 3.10. The van der Waals surface area contributed by atoms with E-state index in [1.807, 2.05) is 14.0 Å². The van der Waals surface area contributed by atoms with Gasteiger partial charge in [0.1, 0.15) is 5.82 Å². The first-order valence-electron chi connectivity index (χ1n) is 3.77. The maximum atomic E-state index is 4.44. The SMILES string of the molecule is Cc1nc(C2CC2)cn1C. The van der Waals surface area contributed by atoms with Crippen LogP contribution < -0.4 is 0 Å². The average Bonchev–Trinajstić information content (AvgIpc) is 2.64. The van der Waals surface area contributed by atoms with Gasteiger partial charge in [-0.2, -0.15) is 0 Å². The van der Waals surface area contributed by atoms with Gasteiger partial charge in [-0.3, -0.25) is 0 Å². The number of imidazole rings is 1. The van der Waals surface area contributed by atoms with Gasteiger partial charge in [-0.1, -0.05) is 0 Å². The molecular formula is C8H12N2. The molecule has 0 amide bonds. The number of aryl methyl sites for hydroxylation is 2. The van der Waals surface area contributed by atoms with Crippen LogP contribution in [0.15, 0.2) is 6.20 Å². The Morgan fingerprint density at radius 1 is 1.60 bits per heavy atom. The van der Waals surface area contributed by atoms with Gasteiger partial charge < -0.3 is 4.57 Å². The number of rotatable bonds is 1. The molecule has 1 heterocycles. The standard InChI is InChI=1S/C8H12N2/c1-6-9-8(5-10(6)2)7-3-4-7/h5,7H,3-4H2,1-2H3. The molecule has 2 heteroatoms. The van der Waals surface area contributed by atoms with E-state index in [1.54, 1.807) is 0 Å². The van der Waals surface area contributed by atoms with E-state index >= 15 is 0 Å². The molecule has 1 aromatic rings. The van der Waals surface area contributed by atoms with Crippen molar-refractivity contribution < 1.29 is 0 Å². The second kappa shape index (κ2) is 1.84. The van der Waals surface area contributed by atoms with E-state index in [1.165, 1.54) is 18.5 Å². The van der Waals surface area contributed by atoms with Gasteiger partial charge in [0.15, 0.2) is 0 Å². The van der Waals surface area contributed by atoms with E-state index in [0.717, 1.165) is 11.7 Å². The summed E-state index contributed by atoms with van der Waals surface area (Å²) in [6.45, 7) is 2.05. The van der Waals surface area contributed by atoms with Crippen LogP contribution in [-0.4, -0.2) is 9.55 Å². The molecule has 10 heavy (non-hydrogen) atoms. The van der Waals surface area contributed by atoms with Gasteiger partial charge in [0.05, 0.1) is 5.69 Å². The van der Waals surface area contributed by atoms with Crippen molar-refractivity contribution in [1.29, 1.82) is 0 Å². The highest BCUT2D eigenvalue weighted by Crippen LogP contribution is 2.39. The van der Waals surface area contributed by atoms with Gasteiger partial charge in [0, 0.05) is 19.2 Å². The predicted octanol–water partition coefficient (Wildman–Crippen LogP) is 1.61. The summed E-state index contributed by atoms with van der Waals surface area (Å²) in [5.41, 5.74) is 1.29. The third-order valence-electron chi connectivity index (χ3n) is 2.12. The van der Waals surface area contributed by atoms with E-state index in [4.69, 9.17) is 0 Å². The molecule has 0 saturated heterocycles. The highest BCUT2D eigenvalue weighted by molar-refractivity contribution is 5.13. The Morgan fingerprint density at radius 2 is 2.30 bits per heavy atom. The van der Waals surface area contributed by atoms with Crippen LogP contribution in [-0.2, 0) is 7.05 Å². The Kier molecular flexibility index (Phi) is 1.10. The zero-order valence-corrected chi connectivity index (χ0v) is 6.46. The molecular weight excluding hydrogens is 124 g/mol. The Hall–Kier alpha value is -0.790. The quantitative estimate of drug-likeness (QED) is 0.573. The Morgan fingerprint density at radius 3 is 2.70 bits per heavy atom. The molecule has 0 atom stereocenters. The van der Waals surface area contributed by atoms with Gasteiger partial charge in [0.2, 0.25) is 0 Å². The van der Waals surface area contributed by atoms with E-state index in [9.17, 15) is 0 Å². The van der Waals surface area contributed by atoms with Crippen LogP contribution in [0.2, 0.25) is 0 Å². The number of nitrogens with zero attached hydrogens (tertiary/aromatic N) is 2. The van der Waals surface area contributed by atoms with Crippen molar-refractivity contribution in [3.63, 3.8) is 0 Å². The summed E-state index contributed by atoms with van der Waals surface area (Å²) in [6.07, 6.45) is 4.83. The first-order valence-corrected chi connectivity index (χ1v) is 3.77. The largest absolute Gasteiger partial charge is 0.338 e. The van der Waals surface area contributed by atoms with Crippen LogP contribution >= 0.6 is 0 Å². The summed E-state index contributed by atoms with van der Waals surface area (Å²) >= 11 is 0. The second-order valence-corrected chi connectivity index (χ2v) is 3.10. The molecule has 1 fully saturated rings. The first kappa shape index (κ1) is 5.96. The first-order chi connectivity index (χ1) is 4.77. The molecule has 0 radical (unpaired) electrons. The molecule has 1 aliphatic carbocycles. The molecule has 1 saturated carbocycles. The maximum absolute atomic E-state index is 4.44. The monoisotopic (exact) mass is 136 g/mol. The summed E-state index contributed by atoms with van der Waals surface area (Å²) in [7, 11) is 2.05. The van der Waals surface area contributed by atoms with E-state index in [0.29, 0.717) is 0 Å². The third-order valence-corrected chi connectivity index (χ3v) is 2.12. The molecule has 1 aliphatic rings. The Balaban J connectivity index is 2.34. The summed E-state index contributed by atoms with van der Waals surface area (Å²) in [5.74, 6) is 1.92. The van der Waals surface area contributed by atoms with Crippen molar-refractivity contribution in [3.05, 3.63) is 17.7 Å². The van der Waals surface area contributed by atoms with Crippen LogP contribution in [0, 0.1) is 6.92 Å². The molecule has 0 aromatic carbocycles. The molecule has 0 bridgehead atoms. The van der Waals surface area contributed by atoms with Crippen molar-refractivity contribution in [1.82, 2.24) is 9.55 Å². The fourth-order valence-electron chi connectivity index (χ4n) is 1.16. The molecule has 54 valence electrons. The average molecular weight is 136 g/mol. The van der Waals surface area contributed by atoms with Crippen LogP contribution in [0.3, 0.4) is 0 Å². The minimum Gasteiger partial charge on any atom is -0.338 e. The fraction of sp³-hybridized carbons (Fsp3) is 0.625. The van der Waals surface area contributed by atoms with E-state index in [2.05, 4.69) is 15.7 Å². The van der Waals surface area contributed by atoms with Gasteiger partial charge in [-0.15, -0.1) is 0 Å². The summed E-state index contributed by atoms with van der Waals surface area (Å²) in [6, 6.07) is 0. The lowest BCUT2D eigenvalue weighted by Crippen LogP contribution is -1.86. The Bertz CT molecular complexity index is 226. The minimum absolute atomic E-state index is 0.792. The summed E-state index contributed by atoms with van der Waals surface area (Å²) in [4.78, 5) is 4.44. The molecule has 2 rings (SSSR count). The lowest BCUT2D eigenvalue weighted by molar-refractivity contribution is 0.858. The van der Waals surface area contributed by atoms with Gasteiger partial charge >= 0.3 is 0 Å². The van der Waals surface area contributed by atoms with Crippen molar-refractivity contribution >= 4 is 0 Å². The highest BCUT2D eigenvalue weighted by Gasteiger charge is 2.25. The summed E-state index contributed by atoms with van der Waals surface area (Å²) < 4.78 is 2.09. The van der Waals surface area contributed by atoms with Crippen LogP contribution in [0.4, 0.5) is 0 Å². The van der Waals surface area contributed by atoms with Crippen molar-refractivity contribution in [2.24, 2.45) is 7.05 Å². The summed E-state index contributed by atoms with van der Waals surface area (Å²) in [5, 5.41) is 0. The van der Waals surface area contributed by atoms with Gasteiger partial charge in [-0.05, 0) is 19.8 Å². The van der Waals surface area contributed by atoms with Crippen LogP contribution in [0.25, 0.3) is 0 Å². The smallest absolute Gasteiger partial charge is 0.105 e. The van der Waals surface area contributed by atoms with Crippen LogP contribution in [0.1, 0.15) is 30.3 Å². The molecule has 0 unspecified atom stereocenters. The van der Waals surface area contributed by atoms with Crippen molar-refractivity contribution in [2.75, 3.05) is 0 Å². The number of aromatic nitrogens is 2. The fourth-order valence-corrected chi connectivity index (χ4v) is 1.16. The lowest BCUT2D eigenvalue weighted by atomic mass is 10.3. The number of hydrogen-bond donors (Lipinski definition) is 0. The van der Waals surface area contributed by atoms with Crippen molar-refractivity contribution in [3.8, 4) is 0 Å². The normalized spacial score (nSPS) is 17.8. The van der Waals surface area contributed by atoms with E-state index < -0.39 is 0 Å². The van der Waals surface area contributed by atoms with Gasteiger partial charge in [0.25, 0.3) is 0 Å². The zero-order valence-electron chi connectivity index (χ0n) is 6.46. The van der Waals surface area contributed by atoms with Gasteiger partial charge in [-0.25, -0.2) is 4.98 Å². The minimum atomic E-state index is 0.792. The predicted molar refractivity (Wildman–Crippen MR) is 39.9 cm³/mol. The molecule has 2 nitrogen and oxygen atoms in total. The van der Waals surface area contributed by atoms with E-state index in [-0.39, 0.29) is 0 Å². The maximum Gasteiger partial charge on any atom is 0.105 e. The zero-order chi connectivity index (χ0) is 7.14. The molecule has 0 N–H and O–H groups in total. The Labute approximate surface area is 60.9 Å². The molecule has 0 spiro atoms. The molecule has 1 aromatic heterocycles. The highest BCUT2D eigenvalue weighted by atomic mass is 15.0. The topological polar surface area (TPSA) is 17.8 Å². The third kappa shape index (κ3) is 0.838. The number of hydrogen-bond acceptors (Lipinski definition) is 1.